The predicted molar refractivity (Wildman–Crippen MR) is 138 cm³/mol. The third-order valence-corrected chi connectivity index (χ3v) is 7.21. The lowest BCUT2D eigenvalue weighted by Gasteiger charge is -2.23. The Hall–Kier alpha value is -3.82. The van der Waals surface area contributed by atoms with Crippen LogP contribution in [0.1, 0.15) is 13.8 Å². The van der Waals surface area contributed by atoms with Crippen molar-refractivity contribution in [2.45, 2.75) is 18.7 Å². The van der Waals surface area contributed by atoms with E-state index in [1.165, 1.54) is 12.1 Å². The van der Waals surface area contributed by atoms with E-state index in [9.17, 15) is 17.6 Å². The highest BCUT2D eigenvalue weighted by molar-refractivity contribution is 7.89. The van der Waals surface area contributed by atoms with E-state index < -0.39 is 28.3 Å². The van der Waals surface area contributed by atoms with Gasteiger partial charge in [0.2, 0.25) is 15.9 Å². The molecule has 0 atom stereocenters. The lowest BCUT2D eigenvalue weighted by Crippen LogP contribution is -2.40. The van der Waals surface area contributed by atoms with Crippen molar-refractivity contribution in [1.29, 1.82) is 0 Å². The zero-order chi connectivity index (χ0) is 25.7. The van der Waals surface area contributed by atoms with Crippen molar-refractivity contribution in [2.24, 2.45) is 5.92 Å². The van der Waals surface area contributed by atoms with Gasteiger partial charge in [0, 0.05) is 18.2 Å². The van der Waals surface area contributed by atoms with E-state index in [1.807, 2.05) is 74.5 Å². The number of amides is 1. The lowest BCUT2D eigenvalue weighted by molar-refractivity contribution is -0.116. The smallest absolute Gasteiger partial charge is 0.243 e. The minimum absolute atomic E-state index is 0.0347. The van der Waals surface area contributed by atoms with E-state index in [2.05, 4.69) is 10.4 Å². The third-order valence-electron chi connectivity index (χ3n) is 5.39. The lowest BCUT2D eigenvalue weighted by atomic mass is 10.1. The number of hydrogen-bond acceptors (Lipinski definition) is 4. The van der Waals surface area contributed by atoms with Crippen molar-refractivity contribution in [3.63, 3.8) is 0 Å². The third kappa shape index (κ3) is 5.87. The number of carbonyl (C=O) groups is 1. The number of nitrogens with zero attached hydrogens (tertiary/aromatic N) is 3. The fraction of sp³-hybridized carbons (Fsp3) is 0.185. The molecule has 186 valence electrons. The van der Waals surface area contributed by atoms with Crippen molar-refractivity contribution in [1.82, 2.24) is 14.1 Å². The van der Waals surface area contributed by atoms with Gasteiger partial charge in [-0.3, -0.25) is 4.79 Å². The first kappa shape index (κ1) is 25.3. The summed E-state index contributed by atoms with van der Waals surface area (Å²) in [7, 11) is -4.02. The largest absolute Gasteiger partial charge is 0.309 e. The quantitative estimate of drug-likeness (QED) is 0.348. The molecule has 9 heteroatoms. The molecule has 1 heterocycles. The van der Waals surface area contributed by atoms with Gasteiger partial charge in [-0.15, -0.1) is 0 Å². The summed E-state index contributed by atoms with van der Waals surface area (Å²) < 4.78 is 42.6. The Morgan fingerprint density at radius 1 is 0.972 bits per heavy atom. The van der Waals surface area contributed by atoms with Crippen LogP contribution in [0.15, 0.2) is 95.9 Å². The van der Waals surface area contributed by atoms with Gasteiger partial charge in [0.15, 0.2) is 0 Å². The summed E-state index contributed by atoms with van der Waals surface area (Å²) in [5.41, 5.74) is 2.28. The number of hydrogen-bond donors (Lipinski definition) is 1. The molecule has 1 N–H and O–H groups in total. The molecule has 0 aliphatic carbocycles. The molecule has 0 saturated carbocycles. The Labute approximate surface area is 210 Å². The second kappa shape index (κ2) is 10.8. The van der Waals surface area contributed by atoms with Gasteiger partial charge in [0.05, 0.1) is 22.8 Å². The van der Waals surface area contributed by atoms with Crippen molar-refractivity contribution in [3.05, 3.63) is 96.8 Å². The predicted octanol–water partition coefficient (Wildman–Crippen LogP) is 4.96. The molecule has 0 saturated heterocycles. The summed E-state index contributed by atoms with van der Waals surface area (Å²) in [6.45, 7) is 3.45. The van der Waals surface area contributed by atoms with E-state index in [0.717, 1.165) is 27.7 Å². The summed E-state index contributed by atoms with van der Waals surface area (Å²) in [5, 5.41) is 7.50. The Morgan fingerprint density at radius 3 is 2.19 bits per heavy atom. The molecule has 1 aromatic heterocycles. The van der Waals surface area contributed by atoms with E-state index in [4.69, 9.17) is 0 Å². The van der Waals surface area contributed by atoms with Crippen LogP contribution in [0.3, 0.4) is 0 Å². The topological polar surface area (TPSA) is 84.3 Å². The highest BCUT2D eigenvalue weighted by Gasteiger charge is 2.28. The van der Waals surface area contributed by atoms with Crippen molar-refractivity contribution in [2.75, 3.05) is 18.4 Å². The van der Waals surface area contributed by atoms with Crippen LogP contribution in [-0.4, -0.2) is 41.5 Å². The van der Waals surface area contributed by atoms with Crippen LogP contribution in [0.25, 0.3) is 16.9 Å². The standard InChI is InChI=1S/C27H27FN4O3S/c1-20(2)18-31(36(34,35)24-15-13-22(28)14-16-24)19-27(33)29-26-17-25(21-9-5-3-6-10-21)30-32(26)23-11-7-4-8-12-23/h3-17,20H,18-19H2,1-2H3,(H,29,33). The van der Waals surface area contributed by atoms with E-state index in [0.29, 0.717) is 11.5 Å². The average molecular weight is 507 g/mol. The summed E-state index contributed by atoms with van der Waals surface area (Å²) in [6, 6.07) is 25.2. The van der Waals surface area contributed by atoms with Gasteiger partial charge in [-0.2, -0.15) is 9.40 Å². The maximum absolute atomic E-state index is 13.4. The molecule has 1 amide bonds. The summed E-state index contributed by atoms with van der Waals surface area (Å²) >= 11 is 0. The van der Waals surface area contributed by atoms with E-state index in [-0.39, 0.29) is 17.4 Å². The fourth-order valence-corrected chi connectivity index (χ4v) is 5.30. The zero-order valence-electron chi connectivity index (χ0n) is 20.0. The molecule has 0 unspecified atom stereocenters. The molecule has 0 spiro atoms. The van der Waals surface area contributed by atoms with Gasteiger partial charge >= 0.3 is 0 Å². The first-order chi connectivity index (χ1) is 17.2. The van der Waals surface area contributed by atoms with Crippen molar-refractivity contribution < 1.29 is 17.6 Å². The maximum atomic E-state index is 13.4. The summed E-state index contributed by atoms with van der Waals surface area (Å²) in [5.74, 6) is -0.676. The van der Waals surface area contributed by atoms with Crippen LogP contribution >= 0.6 is 0 Å². The minimum atomic E-state index is -4.02. The Kier molecular flexibility index (Phi) is 7.61. The first-order valence-corrected chi connectivity index (χ1v) is 12.9. The Morgan fingerprint density at radius 2 is 1.58 bits per heavy atom. The highest BCUT2D eigenvalue weighted by Crippen LogP contribution is 2.25. The molecule has 0 aliphatic heterocycles. The summed E-state index contributed by atoms with van der Waals surface area (Å²) in [6.07, 6.45) is 0. The first-order valence-electron chi connectivity index (χ1n) is 11.5. The molecule has 0 aliphatic rings. The molecule has 0 fully saturated rings. The maximum Gasteiger partial charge on any atom is 0.243 e. The van der Waals surface area contributed by atoms with Gasteiger partial charge in [0.1, 0.15) is 11.6 Å². The second-order valence-corrected chi connectivity index (χ2v) is 10.7. The molecular weight excluding hydrogens is 479 g/mol. The number of halogens is 1. The van der Waals surface area contributed by atoms with Crippen LogP contribution in [0, 0.1) is 11.7 Å². The number of nitrogens with one attached hydrogen (secondary N) is 1. The van der Waals surface area contributed by atoms with Gasteiger partial charge in [-0.25, -0.2) is 17.5 Å². The van der Waals surface area contributed by atoms with Gasteiger partial charge in [-0.1, -0.05) is 62.4 Å². The molecule has 7 nitrogen and oxygen atoms in total. The van der Waals surface area contributed by atoms with Crippen LogP contribution in [0.2, 0.25) is 0 Å². The highest BCUT2D eigenvalue weighted by atomic mass is 32.2. The normalized spacial score (nSPS) is 11.7. The number of aromatic nitrogens is 2. The van der Waals surface area contributed by atoms with Crippen LogP contribution in [0.5, 0.6) is 0 Å². The van der Waals surface area contributed by atoms with Gasteiger partial charge < -0.3 is 5.32 Å². The molecule has 0 bridgehead atoms. The molecule has 4 aromatic rings. The molecule has 36 heavy (non-hydrogen) atoms. The monoisotopic (exact) mass is 506 g/mol. The number of sulfonamides is 1. The number of benzene rings is 3. The zero-order valence-corrected chi connectivity index (χ0v) is 20.8. The van der Waals surface area contributed by atoms with Crippen LogP contribution in [0.4, 0.5) is 10.2 Å². The number of carbonyl (C=O) groups excluding carboxylic acids is 1. The van der Waals surface area contributed by atoms with E-state index >= 15 is 0 Å². The average Bonchev–Trinajstić information content (AvgIpc) is 3.28. The van der Waals surface area contributed by atoms with Crippen LogP contribution in [-0.2, 0) is 14.8 Å². The molecular formula is C27H27FN4O3S. The second-order valence-electron chi connectivity index (χ2n) is 8.72. The Balaban J connectivity index is 1.63. The Bertz CT molecular complexity index is 1420. The van der Waals surface area contributed by atoms with Crippen LogP contribution < -0.4 is 5.32 Å². The minimum Gasteiger partial charge on any atom is -0.309 e. The van der Waals surface area contributed by atoms with Gasteiger partial charge in [0.25, 0.3) is 0 Å². The molecule has 0 radical (unpaired) electrons. The summed E-state index contributed by atoms with van der Waals surface area (Å²) in [4.78, 5) is 13.1. The number of rotatable bonds is 9. The SMILES string of the molecule is CC(C)CN(CC(=O)Nc1cc(-c2ccccc2)nn1-c1ccccc1)S(=O)(=O)c1ccc(F)cc1. The fourth-order valence-electron chi connectivity index (χ4n) is 3.74. The molecule has 4 rings (SSSR count). The van der Waals surface area contributed by atoms with Crippen molar-refractivity contribution >= 4 is 21.7 Å². The van der Waals surface area contributed by atoms with Crippen molar-refractivity contribution in [3.8, 4) is 16.9 Å². The molecule has 3 aromatic carbocycles. The number of para-hydroxylation sites is 1. The number of anilines is 1. The van der Waals surface area contributed by atoms with Gasteiger partial charge in [-0.05, 0) is 42.3 Å². The van der Waals surface area contributed by atoms with E-state index in [1.54, 1.807) is 10.7 Å².